The smallest absolute Gasteiger partial charge is 0.293 e. The fraction of sp³-hybridized carbons (Fsp3) is 0.600. The van der Waals surface area contributed by atoms with Crippen molar-refractivity contribution >= 4 is 32.0 Å². The summed E-state index contributed by atoms with van der Waals surface area (Å²) < 4.78 is 35.2. The second kappa shape index (κ2) is 7.60. The van der Waals surface area contributed by atoms with Crippen LogP contribution in [0.5, 0.6) is 0 Å². The number of hydrogen-bond acceptors (Lipinski definition) is 6. The van der Waals surface area contributed by atoms with Crippen molar-refractivity contribution < 1.29 is 17.6 Å². The van der Waals surface area contributed by atoms with Gasteiger partial charge in [0, 0.05) is 40.2 Å². The molecule has 1 saturated carbocycles. The minimum Gasteiger partial charge on any atom is -0.377 e. The number of anilines is 1. The lowest BCUT2D eigenvalue weighted by Crippen LogP contribution is -2.33. The molecule has 3 atom stereocenters. The Labute approximate surface area is 144 Å². The van der Waals surface area contributed by atoms with Gasteiger partial charge in [-0.15, -0.1) is 0 Å². The Morgan fingerprint density at radius 2 is 2.08 bits per heavy atom. The summed E-state index contributed by atoms with van der Waals surface area (Å²) in [5, 5.41) is 14.5. The Balaban J connectivity index is 2.23. The lowest BCUT2D eigenvalue weighted by Gasteiger charge is -2.29. The van der Waals surface area contributed by atoms with Gasteiger partial charge in [0.1, 0.15) is 5.69 Å². The van der Waals surface area contributed by atoms with E-state index >= 15 is 0 Å². The SMILES string of the molecule is CCS(=O)C1CCCC(Nc2ccc(S(C)(=O)=O)cc2[N+](=O)[O-])C1. The molecule has 2 rings (SSSR count). The Kier molecular flexibility index (Phi) is 5.97. The number of sulfone groups is 1. The van der Waals surface area contributed by atoms with E-state index in [1.165, 1.54) is 12.1 Å². The third kappa shape index (κ3) is 4.54. The summed E-state index contributed by atoms with van der Waals surface area (Å²) in [5.74, 6) is 0.612. The van der Waals surface area contributed by atoms with Crippen molar-refractivity contribution in [2.75, 3.05) is 17.3 Å². The van der Waals surface area contributed by atoms with Crippen LogP contribution in [0.2, 0.25) is 0 Å². The quantitative estimate of drug-likeness (QED) is 0.605. The van der Waals surface area contributed by atoms with Crippen LogP contribution in [0.1, 0.15) is 32.6 Å². The lowest BCUT2D eigenvalue weighted by molar-refractivity contribution is -0.384. The zero-order chi connectivity index (χ0) is 17.9. The van der Waals surface area contributed by atoms with E-state index in [1.807, 2.05) is 6.92 Å². The average molecular weight is 374 g/mol. The van der Waals surface area contributed by atoms with E-state index in [-0.39, 0.29) is 21.9 Å². The molecule has 24 heavy (non-hydrogen) atoms. The summed E-state index contributed by atoms with van der Waals surface area (Å²) >= 11 is 0. The maximum atomic E-state index is 12.0. The Hall–Kier alpha value is -1.48. The Morgan fingerprint density at radius 3 is 2.67 bits per heavy atom. The van der Waals surface area contributed by atoms with E-state index in [2.05, 4.69) is 5.32 Å². The van der Waals surface area contributed by atoms with Gasteiger partial charge >= 0.3 is 0 Å². The van der Waals surface area contributed by atoms with Crippen molar-refractivity contribution in [1.29, 1.82) is 0 Å². The molecule has 1 N–H and O–H groups in total. The van der Waals surface area contributed by atoms with Crippen molar-refractivity contribution in [1.82, 2.24) is 0 Å². The highest BCUT2D eigenvalue weighted by Crippen LogP contribution is 2.31. The van der Waals surface area contributed by atoms with Crippen LogP contribution in [0.25, 0.3) is 0 Å². The van der Waals surface area contributed by atoms with Crippen molar-refractivity contribution in [2.24, 2.45) is 0 Å². The van der Waals surface area contributed by atoms with Crippen LogP contribution >= 0.6 is 0 Å². The highest BCUT2D eigenvalue weighted by molar-refractivity contribution is 7.90. The number of nitro benzene ring substituents is 1. The number of nitrogens with one attached hydrogen (secondary N) is 1. The zero-order valence-corrected chi connectivity index (χ0v) is 15.4. The maximum absolute atomic E-state index is 12.0. The fourth-order valence-corrected chi connectivity index (χ4v) is 4.97. The van der Waals surface area contributed by atoms with Crippen molar-refractivity contribution in [3.63, 3.8) is 0 Å². The molecule has 0 spiro atoms. The van der Waals surface area contributed by atoms with Crippen LogP contribution in [0.4, 0.5) is 11.4 Å². The van der Waals surface area contributed by atoms with Gasteiger partial charge in [-0.25, -0.2) is 8.42 Å². The highest BCUT2D eigenvalue weighted by atomic mass is 32.2. The fourth-order valence-electron chi connectivity index (χ4n) is 2.99. The molecule has 9 heteroatoms. The van der Waals surface area contributed by atoms with E-state index in [9.17, 15) is 22.7 Å². The van der Waals surface area contributed by atoms with E-state index in [4.69, 9.17) is 0 Å². The van der Waals surface area contributed by atoms with E-state index in [0.717, 1.165) is 31.6 Å². The molecule has 7 nitrogen and oxygen atoms in total. The monoisotopic (exact) mass is 374 g/mol. The molecule has 0 bridgehead atoms. The number of rotatable bonds is 6. The molecule has 1 aliphatic carbocycles. The van der Waals surface area contributed by atoms with Crippen molar-refractivity contribution in [2.45, 2.75) is 48.8 Å². The Morgan fingerprint density at radius 1 is 1.38 bits per heavy atom. The van der Waals surface area contributed by atoms with Crippen LogP contribution in [-0.2, 0) is 20.6 Å². The van der Waals surface area contributed by atoms with Crippen molar-refractivity contribution in [3.8, 4) is 0 Å². The predicted octanol–water partition coefficient (Wildman–Crippen LogP) is 2.49. The second-order valence-electron chi connectivity index (χ2n) is 6.01. The first kappa shape index (κ1) is 18.9. The van der Waals surface area contributed by atoms with E-state index in [0.29, 0.717) is 17.9 Å². The topological polar surface area (TPSA) is 106 Å². The summed E-state index contributed by atoms with van der Waals surface area (Å²) in [6, 6.07) is 3.90. The summed E-state index contributed by atoms with van der Waals surface area (Å²) in [5.41, 5.74) is 0.0528. The van der Waals surface area contributed by atoms with Crippen LogP contribution in [0.3, 0.4) is 0 Å². The van der Waals surface area contributed by atoms with Gasteiger partial charge in [-0.1, -0.05) is 13.3 Å². The van der Waals surface area contributed by atoms with E-state index in [1.54, 1.807) is 0 Å². The molecule has 134 valence electrons. The maximum Gasteiger partial charge on any atom is 0.293 e. The molecule has 1 aromatic rings. The molecular weight excluding hydrogens is 352 g/mol. The first-order valence-electron chi connectivity index (χ1n) is 7.84. The number of benzene rings is 1. The molecular formula is C15H22N2O5S2. The van der Waals surface area contributed by atoms with E-state index < -0.39 is 25.6 Å². The number of nitro groups is 1. The summed E-state index contributed by atoms with van der Waals surface area (Å²) in [6.07, 6.45) is 4.40. The van der Waals surface area contributed by atoms with Crippen LogP contribution < -0.4 is 5.32 Å². The van der Waals surface area contributed by atoms with Gasteiger partial charge in [0.15, 0.2) is 9.84 Å². The summed E-state index contributed by atoms with van der Waals surface area (Å²) in [7, 11) is -4.38. The number of hydrogen-bond donors (Lipinski definition) is 1. The lowest BCUT2D eigenvalue weighted by atomic mass is 9.94. The zero-order valence-electron chi connectivity index (χ0n) is 13.7. The molecule has 3 unspecified atom stereocenters. The van der Waals surface area contributed by atoms with Gasteiger partial charge in [-0.05, 0) is 31.4 Å². The van der Waals surface area contributed by atoms with Crippen molar-refractivity contribution in [3.05, 3.63) is 28.3 Å². The molecule has 0 radical (unpaired) electrons. The van der Waals surface area contributed by atoms with Gasteiger partial charge in [-0.2, -0.15) is 0 Å². The predicted molar refractivity (Wildman–Crippen MR) is 94.6 cm³/mol. The highest BCUT2D eigenvalue weighted by Gasteiger charge is 2.27. The molecule has 1 aromatic carbocycles. The molecule has 0 saturated heterocycles. The summed E-state index contributed by atoms with van der Waals surface area (Å²) in [4.78, 5) is 10.6. The number of nitrogens with zero attached hydrogens (tertiary/aromatic N) is 1. The van der Waals surface area contributed by atoms with Gasteiger partial charge in [0.05, 0.1) is 9.82 Å². The molecule has 0 heterocycles. The van der Waals surface area contributed by atoms with Crippen LogP contribution in [0.15, 0.2) is 23.1 Å². The summed E-state index contributed by atoms with van der Waals surface area (Å²) in [6.45, 7) is 1.89. The third-order valence-corrected chi connectivity index (χ3v) is 7.09. The molecule has 1 aliphatic rings. The van der Waals surface area contributed by atoms with Gasteiger partial charge in [0.25, 0.3) is 5.69 Å². The van der Waals surface area contributed by atoms with Crippen LogP contribution in [-0.4, -0.2) is 40.9 Å². The minimum atomic E-state index is -3.50. The van der Waals surface area contributed by atoms with Gasteiger partial charge in [-0.3, -0.25) is 14.3 Å². The standard InChI is InChI=1S/C15H22N2O5S2/c1-3-23(20)12-6-4-5-11(9-12)16-14-8-7-13(24(2,21)22)10-15(14)17(18)19/h7-8,10-12,16H,3-6,9H2,1-2H3. The van der Waals surface area contributed by atoms with Crippen LogP contribution in [0, 0.1) is 10.1 Å². The largest absolute Gasteiger partial charge is 0.377 e. The average Bonchev–Trinajstić information content (AvgIpc) is 2.53. The first-order chi connectivity index (χ1) is 11.2. The molecule has 0 aromatic heterocycles. The normalized spacial score (nSPS) is 22.8. The third-order valence-electron chi connectivity index (χ3n) is 4.24. The van der Waals surface area contributed by atoms with Gasteiger partial charge in [0.2, 0.25) is 0 Å². The Bertz CT molecular complexity index is 748. The van der Waals surface area contributed by atoms with Gasteiger partial charge < -0.3 is 5.32 Å². The minimum absolute atomic E-state index is 0.00188. The molecule has 0 amide bonds. The second-order valence-corrected chi connectivity index (χ2v) is 10.0. The molecule has 1 fully saturated rings. The first-order valence-corrected chi connectivity index (χ1v) is 11.1. The molecule has 0 aliphatic heterocycles.